The lowest BCUT2D eigenvalue weighted by atomic mass is 10.1. The first kappa shape index (κ1) is 27.3. The van der Waals surface area contributed by atoms with Gasteiger partial charge in [0, 0.05) is 0 Å². The van der Waals surface area contributed by atoms with E-state index in [0.29, 0.717) is 11.1 Å². The van der Waals surface area contributed by atoms with Gasteiger partial charge in [0.1, 0.15) is 18.0 Å². The fourth-order valence-corrected chi connectivity index (χ4v) is 4.01. The number of benzene rings is 3. The number of urea groups is 1. The third-order valence-electron chi connectivity index (χ3n) is 5.59. The van der Waals surface area contributed by atoms with Crippen molar-refractivity contribution >= 4 is 47.2 Å². The lowest BCUT2D eigenvalue weighted by Crippen LogP contribution is -2.54. The van der Waals surface area contributed by atoms with Gasteiger partial charge in [-0.3, -0.25) is 14.9 Å². The number of esters is 1. The van der Waals surface area contributed by atoms with Crippen LogP contribution in [0.15, 0.2) is 66.2 Å². The number of barbiturate groups is 1. The summed E-state index contributed by atoms with van der Waals surface area (Å²) in [5.41, 5.74) is 1.07. The van der Waals surface area contributed by atoms with E-state index >= 15 is 0 Å². The van der Waals surface area contributed by atoms with Crippen LogP contribution in [-0.2, 0) is 20.9 Å². The predicted molar refractivity (Wildman–Crippen MR) is 140 cm³/mol. The van der Waals surface area contributed by atoms with Crippen molar-refractivity contribution in [3.8, 4) is 11.5 Å². The van der Waals surface area contributed by atoms with Crippen molar-refractivity contribution in [3.05, 3.63) is 93.8 Å². The second-order valence-corrected chi connectivity index (χ2v) is 8.58. The van der Waals surface area contributed by atoms with Gasteiger partial charge in [0.05, 0.1) is 30.0 Å². The van der Waals surface area contributed by atoms with Gasteiger partial charge >= 0.3 is 12.0 Å². The number of ether oxygens (including phenoxy) is 3. The van der Waals surface area contributed by atoms with Crippen molar-refractivity contribution < 1.29 is 37.8 Å². The van der Waals surface area contributed by atoms with Gasteiger partial charge in [-0.1, -0.05) is 23.7 Å². The van der Waals surface area contributed by atoms with Crippen LogP contribution in [0.1, 0.15) is 28.4 Å². The van der Waals surface area contributed by atoms with Crippen LogP contribution in [-0.4, -0.2) is 37.5 Å². The molecule has 1 heterocycles. The maximum Gasteiger partial charge on any atom is 0.337 e. The van der Waals surface area contributed by atoms with Gasteiger partial charge in [0.15, 0.2) is 11.5 Å². The molecule has 1 aliphatic heterocycles. The van der Waals surface area contributed by atoms with E-state index in [1.165, 1.54) is 61.7 Å². The predicted octanol–water partition coefficient (Wildman–Crippen LogP) is 4.91. The Morgan fingerprint density at radius 2 is 1.72 bits per heavy atom. The number of methoxy groups -OCH3 is 1. The Kier molecular flexibility index (Phi) is 8.26. The van der Waals surface area contributed by atoms with Crippen LogP contribution in [0.2, 0.25) is 5.02 Å². The summed E-state index contributed by atoms with van der Waals surface area (Å²) in [6.07, 6.45) is 1.28. The van der Waals surface area contributed by atoms with Crippen molar-refractivity contribution in [2.45, 2.75) is 13.5 Å². The minimum atomic E-state index is -0.939. The first-order valence-electron chi connectivity index (χ1n) is 11.6. The Labute approximate surface area is 227 Å². The number of imide groups is 2. The lowest BCUT2D eigenvalue weighted by molar-refractivity contribution is -0.122. The van der Waals surface area contributed by atoms with Crippen LogP contribution < -0.4 is 19.7 Å². The Hall–Kier alpha value is -4.70. The molecule has 0 unspecified atom stereocenters. The second kappa shape index (κ2) is 11.8. The van der Waals surface area contributed by atoms with Crippen molar-refractivity contribution in [2.75, 3.05) is 18.6 Å². The van der Waals surface area contributed by atoms with Crippen LogP contribution >= 0.6 is 11.6 Å². The van der Waals surface area contributed by atoms with Gasteiger partial charge in [0.25, 0.3) is 11.8 Å². The van der Waals surface area contributed by atoms with E-state index in [2.05, 4.69) is 10.1 Å². The normalized spacial score (nSPS) is 14.3. The number of nitrogens with zero attached hydrogens (tertiary/aromatic N) is 1. The quantitative estimate of drug-likeness (QED) is 0.240. The molecule has 0 spiro atoms. The number of anilines is 1. The van der Waals surface area contributed by atoms with Crippen molar-refractivity contribution in [2.24, 2.45) is 0 Å². The molecular weight excluding hydrogens is 531 g/mol. The number of hydrogen-bond acceptors (Lipinski definition) is 7. The minimum absolute atomic E-state index is 0.0905. The highest BCUT2D eigenvalue weighted by atomic mass is 35.5. The molecule has 3 aromatic carbocycles. The van der Waals surface area contributed by atoms with Gasteiger partial charge in [-0.25, -0.2) is 18.9 Å². The number of nitrogens with one attached hydrogen (secondary N) is 1. The molecule has 0 atom stereocenters. The largest absolute Gasteiger partial charge is 0.490 e. The molecule has 0 saturated carbocycles. The molecule has 39 heavy (non-hydrogen) atoms. The highest BCUT2D eigenvalue weighted by Crippen LogP contribution is 2.38. The molecule has 1 fully saturated rings. The van der Waals surface area contributed by atoms with E-state index in [1.807, 2.05) is 0 Å². The summed E-state index contributed by atoms with van der Waals surface area (Å²) in [5, 5.41) is 2.28. The average molecular weight is 553 g/mol. The Morgan fingerprint density at radius 1 is 1.03 bits per heavy atom. The standard InChI is InChI=1S/C28H22ClFN2O7/c1-3-38-23-14-17(13-22(29)24(23)39-15-16-4-8-19(30)9-5-16)12-21-25(33)31-28(36)32(26(21)34)20-10-6-18(7-11-20)27(35)37-2/h4-14H,3,15H2,1-2H3,(H,31,33,36)/b21-12+. The molecule has 11 heteroatoms. The van der Waals surface area contributed by atoms with E-state index in [-0.39, 0.29) is 52.4 Å². The average Bonchev–Trinajstić information content (AvgIpc) is 2.91. The first-order chi connectivity index (χ1) is 18.7. The van der Waals surface area contributed by atoms with Crippen molar-refractivity contribution in [1.82, 2.24) is 5.32 Å². The van der Waals surface area contributed by atoms with Gasteiger partial charge in [-0.05, 0) is 72.7 Å². The summed E-state index contributed by atoms with van der Waals surface area (Å²) < 4.78 is 29.3. The third kappa shape index (κ3) is 6.07. The molecule has 0 aliphatic carbocycles. The van der Waals surface area contributed by atoms with E-state index < -0.39 is 23.8 Å². The molecule has 1 aliphatic rings. The highest BCUT2D eigenvalue weighted by Gasteiger charge is 2.37. The fourth-order valence-electron chi connectivity index (χ4n) is 3.73. The highest BCUT2D eigenvalue weighted by molar-refractivity contribution is 6.39. The molecular formula is C28H22ClFN2O7. The van der Waals surface area contributed by atoms with Gasteiger partial charge in [-0.15, -0.1) is 0 Å². The molecule has 1 N–H and O–H groups in total. The number of amides is 4. The smallest absolute Gasteiger partial charge is 0.337 e. The lowest BCUT2D eigenvalue weighted by Gasteiger charge is -2.26. The number of rotatable bonds is 8. The second-order valence-electron chi connectivity index (χ2n) is 8.17. The third-order valence-corrected chi connectivity index (χ3v) is 5.87. The van der Waals surface area contributed by atoms with Crippen LogP contribution in [0.25, 0.3) is 6.08 Å². The maximum atomic E-state index is 13.2. The zero-order valence-corrected chi connectivity index (χ0v) is 21.6. The van der Waals surface area contributed by atoms with Crippen LogP contribution in [0, 0.1) is 5.82 Å². The summed E-state index contributed by atoms with van der Waals surface area (Å²) in [4.78, 5) is 50.8. The molecule has 1 saturated heterocycles. The van der Waals surface area contributed by atoms with Gasteiger partial charge in [-0.2, -0.15) is 0 Å². The zero-order valence-electron chi connectivity index (χ0n) is 20.8. The van der Waals surface area contributed by atoms with Crippen LogP contribution in [0.3, 0.4) is 0 Å². The molecule has 0 aromatic heterocycles. The summed E-state index contributed by atoms with van der Waals surface area (Å²) in [5.74, 6) is -2.23. The van der Waals surface area contributed by atoms with E-state index in [9.17, 15) is 23.6 Å². The van der Waals surface area contributed by atoms with Crippen LogP contribution in [0.4, 0.5) is 14.9 Å². The van der Waals surface area contributed by atoms with Crippen molar-refractivity contribution in [1.29, 1.82) is 0 Å². The molecule has 200 valence electrons. The molecule has 4 amide bonds. The number of halogens is 2. The number of carbonyl (C=O) groups is 4. The topological polar surface area (TPSA) is 111 Å². The van der Waals surface area contributed by atoms with Gasteiger partial charge in [0.2, 0.25) is 0 Å². The molecule has 0 radical (unpaired) electrons. The Bertz CT molecular complexity index is 1470. The number of hydrogen-bond donors (Lipinski definition) is 1. The van der Waals surface area contributed by atoms with E-state index in [1.54, 1.807) is 19.1 Å². The van der Waals surface area contributed by atoms with Crippen LogP contribution in [0.5, 0.6) is 11.5 Å². The Balaban J connectivity index is 1.63. The first-order valence-corrected chi connectivity index (χ1v) is 12.0. The summed E-state index contributed by atoms with van der Waals surface area (Å²) in [7, 11) is 1.23. The van der Waals surface area contributed by atoms with E-state index in [4.69, 9.17) is 21.1 Å². The molecule has 9 nitrogen and oxygen atoms in total. The van der Waals surface area contributed by atoms with Gasteiger partial charge < -0.3 is 14.2 Å². The number of carbonyl (C=O) groups excluding carboxylic acids is 4. The fraction of sp³-hybridized carbons (Fsp3) is 0.143. The van der Waals surface area contributed by atoms with E-state index in [0.717, 1.165) is 4.90 Å². The van der Waals surface area contributed by atoms with Crippen molar-refractivity contribution in [3.63, 3.8) is 0 Å². The monoisotopic (exact) mass is 552 g/mol. The summed E-state index contributed by atoms with van der Waals surface area (Å²) >= 11 is 6.47. The summed E-state index contributed by atoms with van der Waals surface area (Å²) in [6.45, 7) is 2.12. The Morgan fingerprint density at radius 3 is 2.36 bits per heavy atom. The SMILES string of the molecule is CCOc1cc(/C=C2\C(=O)NC(=O)N(c3ccc(C(=O)OC)cc3)C2=O)cc(Cl)c1OCc1ccc(F)cc1. The molecule has 0 bridgehead atoms. The molecule has 3 aromatic rings. The minimum Gasteiger partial charge on any atom is -0.490 e. The zero-order chi connectivity index (χ0) is 28.1. The maximum absolute atomic E-state index is 13.2. The molecule has 4 rings (SSSR count). The summed E-state index contributed by atoms with van der Waals surface area (Å²) in [6, 6.07) is 13.4.